The van der Waals surface area contributed by atoms with E-state index >= 15 is 0 Å². The first-order chi connectivity index (χ1) is 11.4. The summed E-state index contributed by atoms with van der Waals surface area (Å²) in [6, 6.07) is 10.1. The quantitative estimate of drug-likeness (QED) is 0.396. The average Bonchev–Trinajstić information content (AvgIpc) is 3.04. The highest BCUT2D eigenvalue weighted by Crippen LogP contribution is 2.19. The minimum atomic E-state index is 0. The van der Waals surface area contributed by atoms with E-state index in [0.29, 0.717) is 0 Å². The van der Waals surface area contributed by atoms with Crippen LogP contribution in [0.15, 0.2) is 47.7 Å². The number of thioether (sulfide) groups is 1. The van der Waals surface area contributed by atoms with Gasteiger partial charge in [-0.25, -0.2) is 4.68 Å². The fourth-order valence-electron chi connectivity index (χ4n) is 2.26. The highest BCUT2D eigenvalue weighted by molar-refractivity contribution is 14.0. The van der Waals surface area contributed by atoms with E-state index in [4.69, 9.17) is 0 Å². The van der Waals surface area contributed by atoms with Crippen molar-refractivity contribution in [3.8, 4) is 5.69 Å². The van der Waals surface area contributed by atoms with Crippen LogP contribution in [0.25, 0.3) is 5.69 Å². The van der Waals surface area contributed by atoms with Crippen LogP contribution in [0.3, 0.4) is 0 Å². The van der Waals surface area contributed by atoms with Gasteiger partial charge in [0.1, 0.15) is 0 Å². The van der Waals surface area contributed by atoms with E-state index in [1.165, 1.54) is 0 Å². The van der Waals surface area contributed by atoms with Gasteiger partial charge in [0.15, 0.2) is 5.96 Å². The fourth-order valence-corrected chi connectivity index (χ4v) is 2.48. The van der Waals surface area contributed by atoms with Crippen molar-refractivity contribution in [3.05, 3.63) is 48.3 Å². The van der Waals surface area contributed by atoms with E-state index in [-0.39, 0.29) is 28.7 Å². The number of rotatable bonds is 6. The topological polar surface area (TPSA) is 45.5 Å². The molecule has 0 aliphatic carbocycles. The molecule has 0 bridgehead atoms. The molecule has 7 heteroatoms. The molecule has 1 aromatic carbocycles. The van der Waals surface area contributed by atoms with Crippen molar-refractivity contribution >= 4 is 41.7 Å². The van der Waals surface area contributed by atoms with Crippen LogP contribution < -0.4 is 5.32 Å². The molecule has 2 aromatic rings. The summed E-state index contributed by atoms with van der Waals surface area (Å²) in [6.45, 7) is 6.07. The molecule has 0 unspecified atom stereocenters. The van der Waals surface area contributed by atoms with E-state index in [2.05, 4.69) is 46.6 Å². The lowest BCUT2D eigenvalue weighted by Crippen LogP contribution is -2.43. The monoisotopic (exact) mass is 473 g/mol. The molecular weight excluding hydrogens is 445 g/mol. The lowest BCUT2D eigenvalue weighted by Gasteiger charge is -2.27. The Kier molecular flexibility index (Phi) is 8.78. The van der Waals surface area contributed by atoms with Gasteiger partial charge >= 0.3 is 0 Å². The first-order valence-electron chi connectivity index (χ1n) is 8.01. The third-order valence-electron chi connectivity index (χ3n) is 3.87. The molecule has 0 aliphatic heterocycles. The molecule has 0 saturated carbocycles. The maximum Gasteiger partial charge on any atom is 0.193 e. The average molecular weight is 473 g/mol. The van der Waals surface area contributed by atoms with Crippen LogP contribution in [0.4, 0.5) is 0 Å². The summed E-state index contributed by atoms with van der Waals surface area (Å²) in [4.78, 5) is 6.50. The fraction of sp³-hybridized carbons (Fsp3) is 0.444. The van der Waals surface area contributed by atoms with Gasteiger partial charge in [-0.2, -0.15) is 16.9 Å². The lowest BCUT2D eigenvalue weighted by molar-refractivity contribution is 0.472. The molecule has 0 amide bonds. The second kappa shape index (κ2) is 10.1. The van der Waals surface area contributed by atoms with Crippen molar-refractivity contribution in [1.29, 1.82) is 0 Å². The zero-order chi connectivity index (χ0) is 17.6. The first kappa shape index (κ1) is 21.8. The Morgan fingerprint density at radius 2 is 2.00 bits per heavy atom. The van der Waals surface area contributed by atoms with Crippen molar-refractivity contribution in [2.24, 2.45) is 4.99 Å². The van der Waals surface area contributed by atoms with Crippen LogP contribution in [0.2, 0.25) is 0 Å². The predicted molar refractivity (Wildman–Crippen MR) is 119 cm³/mol. The number of nitrogens with one attached hydrogen (secondary N) is 1. The number of nitrogens with zero attached hydrogens (tertiary/aromatic N) is 4. The summed E-state index contributed by atoms with van der Waals surface area (Å²) in [6.07, 6.45) is 6.10. The number of hydrogen-bond donors (Lipinski definition) is 1. The second-order valence-electron chi connectivity index (χ2n) is 6.35. The number of aromatic nitrogens is 2. The molecule has 0 radical (unpaired) electrons. The largest absolute Gasteiger partial charge is 0.355 e. The first-order valence-corrected chi connectivity index (χ1v) is 9.23. The zero-order valence-electron chi connectivity index (χ0n) is 15.6. The van der Waals surface area contributed by atoms with Gasteiger partial charge in [-0.05, 0) is 32.2 Å². The minimum absolute atomic E-state index is 0. The number of para-hydroxylation sites is 1. The third kappa shape index (κ3) is 6.54. The van der Waals surface area contributed by atoms with E-state index in [0.717, 1.165) is 30.3 Å². The third-order valence-corrected chi connectivity index (χ3v) is 5.12. The van der Waals surface area contributed by atoms with Crippen molar-refractivity contribution in [2.45, 2.75) is 25.1 Å². The number of hydrogen-bond acceptors (Lipinski definition) is 3. The zero-order valence-corrected chi connectivity index (χ0v) is 18.7. The molecule has 25 heavy (non-hydrogen) atoms. The normalized spacial score (nSPS) is 11.8. The standard InChI is InChI=1S/C18H27N5S.HI/c1-18(2,24-5)14-20-17(19-3)22(4)12-15-11-21-23(13-15)16-9-7-6-8-10-16;/h6-11,13H,12,14H2,1-5H3,(H,19,20);1H. The van der Waals surface area contributed by atoms with Crippen molar-refractivity contribution < 1.29 is 0 Å². The van der Waals surface area contributed by atoms with Crippen LogP contribution in [-0.2, 0) is 6.54 Å². The molecule has 1 aromatic heterocycles. The molecule has 138 valence electrons. The maximum absolute atomic E-state index is 4.45. The Morgan fingerprint density at radius 3 is 2.60 bits per heavy atom. The Balaban J connectivity index is 0.00000312. The van der Waals surface area contributed by atoms with E-state index in [9.17, 15) is 0 Å². The predicted octanol–water partition coefficient (Wildman–Crippen LogP) is 3.64. The SMILES string of the molecule is CN=C(NCC(C)(C)SC)N(C)Cc1cnn(-c2ccccc2)c1.I. The Morgan fingerprint density at radius 1 is 1.32 bits per heavy atom. The van der Waals surface area contributed by atoms with Crippen LogP contribution in [0.1, 0.15) is 19.4 Å². The number of aliphatic imine (C=N–C) groups is 1. The molecule has 0 saturated heterocycles. The molecule has 0 aliphatic rings. The number of benzene rings is 1. The summed E-state index contributed by atoms with van der Waals surface area (Å²) in [7, 11) is 3.86. The van der Waals surface area contributed by atoms with Crippen molar-refractivity contribution in [1.82, 2.24) is 20.0 Å². The number of halogens is 1. The van der Waals surface area contributed by atoms with Crippen molar-refractivity contribution in [2.75, 3.05) is 26.9 Å². The molecule has 1 N–H and O–H groups in total. The Bertz CT molecular complexity index is 669. The van der Waals surface area contributed by atoms with Crippen LogP contribution >= 0.6 is 35.7 Å². The van der Waals surface area contributed by atoms with Crippen molar-refractivity contribution in [3.63, 3.8) is 0 Å². The summed E-state index contributed by atoms with van der Waals surface area (Å²) < 4.78 is 2.07. The smallest absolute Gasteiger partial charge is 0.193 e. The maximum atomic E-state index is 4.45. The van der Waals surface area contributed by atoms with Crippen LogP contribution in [0.5, 0.6) is 0 Å². The van der Waals surface area contributed by atoms with Crippen LogP contribution in [-0.4, -0.2) is 52.3 Å². The molecule has 0 atom stereocenters. The van der Waals surface area contributed by atoms with Crippen LogP contribution in [0, 0.1) is 0 Å². The van der Waals surface area contributed by atoms with Gasteiger partial charge in [0.05, 0.1) is 11.9 Å². The lowest BCUT2D eigenvalue weighted by atomic mass is 10.2. The molecule has 2 rings (SSSR count). The summed E-state index contributed by atoms with van der Waals surface area (Å²) in [5, 5.41) is 7.90. The van der Waals surface area contributed by atoms with Gasteiger partial charge in [0.25, 0.3) is 0 Å². The molecule has 0 spiro atoms. The van der Waals surface area contributed by atoms with E-state index in [1.54, 1.807) is 0 Å². The van der Waals surface area contributed by atoms with Gasteiger partial charge in [-0.3, -0.25) is 4.99 Å². The number of guanidine groups is 1. The summed E-state index contributed by atoms with van der Waals surface area (Å²) >= 11 is 1.85. The Labute approximate surface area is 172 Å². The van der Waals surface area contributed by atoms with Gasteiger partial charge in [-0.15, -0.1) is 24.0 Å². The minimum Gasteiger partial charge on any atom is -0.355 e. The molecule has 1 heterocycles. The van der Waals surface area contributed by atoms with Gasteiger partial charge in [0, 0.05) is 43.7 Å². The molecule has 5 nitrogen and oxygen atoms in total. The van der Waals surface area contributed by atoms with E-state index in [1.807, 2.05) is 67.1 Å². The second-order valence-corrected chi connectivity index (χ2v) is 7.86. The molecular formula is C18H28IN5S. The Hall–Kier alpha value is -1.22. The molecule has 0 fully saturated rings. The highest BCUT2D eigenvalue weighted by Gasteiger charge is 2.17. The summed E-state index contributed by atoms with van der Waals surface area (Å²) in [5.41, 5.74) is 2.21. The van der Waals surface area contributed by atoms with Gasteiger partial charge in [0.2, 0.25) is 0 Å². The van der Waals surface area contributed by atoms with Gasteiger partial charge in [-0.1, -0.05) is 18.2 Å². The highest BCUT2D eigenvalue weighted by atomic mass is 127. The van der Waals surface area contributed by atoms with Gasteiger partial charge < -0.3 is 10.2 Å². The van der Waals surface area contributed by atoms with E-state index < -0.39 is 0 Å². The summed E-state index contributed by atoms with van der Waals surface area (Å²) in [5.74, 6) is 0.893.